The second-order valence-corrected chi connectivity index (χ2v) is 8.13. The second-order valence-electron chi connectivity index (χ2n) is 8.13. The van der Waals surface area contributed by atoms with Crippen molar-refractivity contribution in [2.24, 2.45) is 0 Å². The zero-order valence-electron chi connectivity index (χ0n) is 20.2. The quantitative estimate of drug-likeness (QED) is 0.439. The number of likely N-dealkylation sites (N-methyl/N-ethyl adjacent to an activating group) is 1. The number of esters is 2. The molecule has 1 heterocycles. The molecule has 5 heteroatoms. The lowest BCUT2D eigenvalue weighted by molar-refractivity contribution is -0.139. The van der Waals surface area contributed by atoms with Crippen molar-refractivity contribution >= 4 is 17.6 Å². The average molecular weight is 468 g/mol. The molecule has 0 saturated heterocycles. The topological polar surface area (TPSA) is 55.8 Å². The Morgan fingerprint density at radius 3 is 1.66 bits per heavy atom. The van der Waals surface area contributed by atoms with E-state index in [1.807, 2.05) is 103 Å². The number of nitrogens with zero attached hydrogens (tertiary/aromatic N) is 1. The standard InChI is InChI=1S/C30H29NO4/c1-4-34-28(32)25-21-26(29(33)35-5-2)30(23-17-11-7-12-18-23,24-19-13-8-14-20-24)31(3)27(25)22-15-9-6-10-16-22/h6-21H,4-5H2,1-3H3. The van der Waals surface area contributed by atoms with Crippen molar-refractivity contribution in [2.45, 2.75) is 19.4 Å². The van der Waals surface area contributed by atoms with Gasteiger partial charge in [-0.15, -0.1) is 0 Å². The first-order chi connectivity index (χ1) is 17.1. The van der Waals surface area contributed by atoms with Gasteiger partial charge < -0.3 is 14.4 Å². The summed E-state index contributed by atoms with van der Waals surface area (Å²) in [6, 6.07) is 29.3. The van der Waals surface area contributed by atoms with E-state index in [0.717, 1.165) is 16.7 Å². The van der Waals surface area contributed by atoms with E-state index in [9.17, 15) is 9.59 Å². The fourth-order valence-electron chi connectivity index (χ4n) is 4.79. The molecule has 0 saturated carbocycles. The Morgan fingerprint density at radius 1 is 0.714 bits per heavy atom. The summed E-state index contributed by atoms with van der Waals surface area (Å²) in [5.74, 6) is -0.976. The third-order valence-corrected chi connectivity index (χ3v) is 6.19. The number of hydrogen-bond acceptors (Lipinski definition) is 5. The average Bonchev–Trinajstić information content (AvgIpc) is 2.90. The number of benzene rings is 3. The molecule has 0 fully saturated rings. The summed E-state index contributed by atoms with van der Waals surface area (Å²) >= 11 is 0. The van der Waals surface area contributed by atoms with E-state index in [1.165, 1.54) is 0 Å². The molecular weight excluding hydrogens is 438 g/mol. The van der Waals surface area contributed by atoms with Gasteiger partial charge in [0.1, 0.15) is 5.54 Å². The van der Waals surface area contributed by atoms with Gasteiger partial charge in [-0.25, -0.2) is 9.59 Å². The van der Waals surface area contributed by atoms with Gasteiger partial charge >= 0.3 is 11.9 Å². The van der Waals surface area contributed by atoms with Gasteiger partial charge in [0, 0.05) is 7.05 Å². The zero-order chi connectivity index (χ0) is 24.8. The van der Waals surface area contributed by atoms with Crippen molar-refractivity contribution in [3.05, 3.63) is 125 Å². The first-order valence-corrected chi connectivity index (χ1v) is 11.8. The summed E-state index contributed by atoms with van der Waals surface area (Å²) in [7, 11) is 1.91. The zero-order valence-corrected chi connectivity index (χ0v) is 20.2. The minimum Gasteiger partial charge on any atom is -0.463 e. The highest BCUT2D eigenvalue weighted by Gasteiger charge is 2.50. The molecule has 0 aliphatic carbocycles. The summed E-state index contributed by atoms with van der Waals surface area (Å²) in [6.45, 7) is 3.97. The molecule has 178 valence electrons. The summed E-state index contributed by atoms with van der Waals surface area (Å²) in [5, 5.41) is 0. The van der Waals surface area contributed by atoms with E-state index < -0.39 is 17.5 Å². The molecule has 3 aromatic carbocycles. The van der Waals surface area contributed by atoms with Gasteiger partial charge in [0.25, 0.3) is 0 Å². The van der Waals surface area contributed by atoms with E-state index in [-0.39, 0.29) is 13.2 Å². The van der Waals surface area contributed by atoms with Crippen molar-refractivity contribution in [3.63, 3.8) is 0 Å². The number of rotatable bonds is 7. The summed E-state index contributed by atoms with van der Waals surface area (Å²) in [6.07, 6.45) is 1.65. The Kier molecular flexibility index (Phi) is 7.16. The minimum absolute atomic E-state index is 0.212. The van der Waals surface area contributed by atoms with Crippen LogP contribution in [0.3, 0.4) is 0 Å². The SMILES string of the molecule is CCOC(=O)C1=CC(C(=O)OCC)=C(c2ccccc2)N(C)C1(c1ccccc1)c1ccccc1. The maximum absolute atomic E-state index is 13.6. The van der Waals surface area contributed by atoms with Crippen LogP contribution in [0.4, 0.5) is 0 Å². The van der Waals surface area contributed by atoms with E-state index >= 15 is 0 Å². The molecule has 35 heavy (non-hydrogen) atoms. The molecule has 3 aromatic rings. The second kappa shape index (κ2) is 10.4. The van der Waals surface area contributed by atoms with Crippen molar-refractivity contribution in [3.8, 4) is 0 Å². The Hall–Kier alpha value is -4.12. The molecule has 0 radical (unpaired) electrons. The molecule has 0 N–H and O–H groups in total. The van der Waals surface area contributed by atoms with Crippen LogP contribution in [-0.4, -0.2) is 37.1 Å². The maximum Gasteiger partial charge on any atom is 0.340 e. The third kappa shape index (κ3) is 4.26. The number of carbonyl (C=O) groups is 2. The summed E-state index contributed by atoms with van der Waals surface area (Å²) < 4.78 is 11.0. The van der Waals surface area contributed by atoms with Crippen LogP contribution in [0.1, 0.15) is 30.5 Å². The lowest BCUT2D eigenvalue weighted by Crippen LogP contribution is -2.50. The van der Waals surface area contributed by atoms with Crippen molar-refractivity contribution in [2.75, 3.05) is 20.3 Å². The normalized spacial score (nSPS) is 14.8. The van der Waals surface area contributed by atoms with Gasteiger partial charge in [-0.05, 0) is 36.6 Å². The van der Waals surface area contributed by atoms with E-state index in [1.54, 1.807) is 19.9 Å². The van der Waals surface area contributed by atoms with Gasteiger partial charge in [0.15, 0.2) is 0 Å². The number of carbonyl (C=O) groups excluding carboxylic acids is 2. The molecule has 0 spiro atoms. The number of ether oxygens (including phenoxy) is 2. The molecule has 4 rings (SSSR count). The van der Waals surface area contributed by atoms with Gasteiger partial charge in [0.2, 0.25) is 0 Å². The first-order valence-electron chi connectivity index (χ1n) is 11.8. The van der Waals surface area contributed by atoms with Gasteiger partial charge in [-0.1, -0.05) is 91.0 Å². The monoisotopic (exact) mass is 467 g/mol. The van der Waals surface area contributed by atoms with Crippen LogP contribution in [0, 0.1) is 0 Å². The predicted molar refractivity (Wildman–Crippen MR) is 136 cm³/mol. The largest absolute Gasteiger partial charge is 0.463 e. The molecule has 0 atom stereocenters. The van der Waals surface area contributed by atoms with Crippen LogP contribution in [0.25, 0.3) is 5.70 Å². The van der Waals surface area contributed by atoms with Crippen molar-refractivity contribution in [1.82, 2.24) is 4.90 Å². The molecule has 5 nitrogen and oxygen atoms in total. The highest BCUT2D eigenvalue weighted by Crippen LogP contribution is 2.49. The number of hydrogen-bond donors (Lipinski definition) is 0. The van der Waals surface area contributed by atoms with E-state index in [2.05, 4.69) is 0 Å². The Morgan fingerprint density at radius 2 is 1.17 bits per heavy atom. The van der Waals surface area contributed by atoms with Crippen molar-refractivity contribution in [1.29, 1.82) is 0 Å². The smallest absolute Gasteiger partial charge is 0.340 e. The van der Waals surface area contributed by atoms with Gasteiger partial charge in [-0.2, -0.15) is 0 Å². The molecule has 0 amide bonds. The van der Waals surface area contributed by atoms with E-state index in [4.69, 9.17) is 9.47 Å². The highest BCUT2D eigenvalue weighted by molar-refractivity contribution is 6.06. The Bertz CT molecular complexity index is 1210. The molecule has 0 bridgehead atoms. The molecule has 1 aliphatic rings. The molecule has 1 aliphatic heterocycles. The molecule has 0 unspecified atom stereocenters. The molecular formula is C30H29NO4. The van der Waals surface area contributed by atoms with Crippen LogP contribution in [0.2, 0.25) is 0 Å². The Balaban J connectivity index is 2.13. The lowest BCUT2D eigenvalue weighted by atomic mass is 9.72. The summed E-state index contributed by atoms with van der Waals surface area (Å²) in [4.78, 5) is 28.8. The van der Waals surface area contributed by atoms with E-state index in [0.29, 0.717) is 16.8 Å². The highest BCUT2D eigenvalue weighted by atomic mass is 16.5. The van der Waals surface area contributed by atoms with Crippen LogP contribution in [0.5, 0.6) is 0 Å². The maximum atomic E-state index is 13.6. The summed E-state index contributed by atoms with van der Waals surface area (Å²) in [5.41, 5.74) is 2.88. The third-order valence-electron chi connectivity index (χ3n) is 6.19. The van der Waals surface area contributed by atoms with Gasteiger partial charge in [-0.3, -0.25) is 0 Å². The first kappa shape index (κ1) is 24.0. The minimum atomic E-state index is -1.05. The predicted octanol–water partition coefficient (Wildman–Crippen LogP) is 5.34. The van der Waals surface area contributed by atoms with Crippen LogP contribution < -0.4 is 0 Å². The fraction of sp³-hybridized carbons (Fsp3) is 0.200. The van der Waals surface area contributed by atoms with Crippen LogP contribution in [0.15, 0.2) is 108 Å². The van der Waals surface area contributed by atoms with Crippen molar-refractivity contribution < 1.29 is 19.1 Å². The fourth-order valence-corrected chi connectivity index (χ4v) is 4.79. The Labute approximate surface area is 206 Å². The van der Waals surface area contributed by atoms with Crippen LogP contribution >= 0.6 is 0 Å². The lowest BCUT2D eigenvalue weighted by Gasteiger charge is -2.48. The van der Waals surface area contributed by atoms with Gasteiger partial charge in [0.05, 0.1) is 30.1 Å². The van der Waals surface area contributed by atoms with Crippen LogP contribution in [-0.2, 0) is 24.6 Å². The molecule has 0 aromatic heterocycles.